The molecule has 0 aliphatic carbocycles. The Kier molecular flexibility index (Phi) is 25.2. The van der Waals surface area contributed by atoms with Gasteiger partial charge in [0.05, 0.1) is 30.0 Å². The fourth-order valence-corrected chi connectivity index (χ4v) is 10.4. The lowest BCUT2D eigenvalue weighted by Gasteiger charge is -2.37. The molecule has 7 rings (SSSR count). The third kappa shape index (κ3) is 14.7. The predicted molar refractivity (Wildman–Crippen MR) is 319 cm³/mol. The monoisotopic (exact) mass is 1110 g/mol. The van der Waals surface area contributed by atoms with Crippen LogP contribution in [-0.2, 0) is 59.4 Å². The van der Waals surface area contributed by atoms with Gasteiger partial charge in [-0.1, -0.05) is 64.6 Å². The van der Waals surface area contributed by atoms with Crippen molar-refractivity contribution in [3.05, 3.63) is 89.8 Å². The number of carbonyl (C=O) groups is 5. The van der Waals surface area contributed by atoms with E-state index in [4.69, 9.17) is 14.5 Å². The molecule has 2 aromatic carbocycles. The predicted octanol–water partition coefficient (Wildman–Crippen LogP) is 6.89. The van der Waals surface area contributed by atoms with Gasteiger partial charge in [0, 0.05) is 81.4 Å². The van der Waals surface area contributed by atoms with Crippen LogP contribution in [0.5, 0.6) is 0 Å². The molecule has 0 saturated carbocycles. The highest BCUT2D eigenvalue weighted by Crippen LogP contribution is 2.42. The number of aromatic nitrogens is 2. The molecule has 5 atom stereocenters. The van der Waals surface area contributed by atoms with Gasteiger partial charge < -0.3 is 34.1 Å². The first kappa shape index (κ1) is 66.0. The molecule has 3 aliphatic heterocycles. The fraction of sp³-hybridized carbons (Fsp3) is 0.519. The van der Waals surface area contributed by atoms with Crippen molar-refractivity contribution < 1.29 is 33.4 Å². The summed E-state index contributed by atoms with van der Waals surface area (Å²) in [7, 11) is 7.41. The second kappa shape index (κ2) is 28.3. The van der Waals surface area contributed by atoms with Crippen LogP contribution in [0.4, 0.5) is 0 Å². The van der Waals surface area contributed by atoms with Crippen LogP contribution in [0, 0.1) is 17.3 Å². The highest BCUT2D eigenvalue weighted by atomic mass is 32.1. The zero-order valence-corrected chi connectivity index (χ0v) is 49.8. The number of hydrazine groups is 1. The Balaban J connectivity index is 0.00000375. The van der Waals surface area contributed by atoms with Gasteiger partial charge in [-0.25, -0.2) is 5.43 Å². The molecule has 0 spiro atoms. The van der Waals surface area contributed by atoms with Gasteiger partial charge in [-0.15, -0.1) is 0 Å². The third-order valence-corrected chi connectivity index (χ3v) is 14.0. The van der Waals surface area contributed by atoms with Gasteiger partial charge >= 0.3 is 5.97 Å². The Labute approximate surface area is 473 Å². The minimum absolute atomic E-state index is 0. The molecule has 15 nitrogen and oxygen atoms in total. The van der Waals surface area contributed by atoms with Gasteiger partial charge in [0.15, 0.2) is 0 Å². The average Bonchev–Trinajstić information content (AvgIpc) is 3.94. The largest absolute Gasteiger partial charge is 0.464 e. The van der Waals surface area contributed by atoms with Gasteiger partial charge in [0.2, 0.25) is 17.7 Å². The second-order valence-electron chi connectivity index (χ2n) is 20.5. The Bertz CT molecular complexity index is 2610. The Morgan fingerprint density at radius 1 is 0.986 bits per heavy atom. The molecule has 4 amide bonds. The number of benzene rings is 2. The van der Waals surface area contributed by atoms with E-state index in [-0.39, 0.29) is 111 Å². The zero-order chi connectivity index (χ0) is 49.9. The van der Waals surface area contributed by atoms with Crippen molar-refractivity contribution in [1.29, 1.82) is 0 Å². The molecule has 2 aromatic heterocycles. The summed E-state index contributed by atoms with van der Waals surface area (Å²) in [6.45, 7) is 18.3. The van der Waals surface area contributed by atoms with Gasteiger partial charge in [-0.05, 0) is 112 Å². The molecule has 3 aliphatic rings. The van der Waals surface area contributed by atoms with E-state index >= 15 is 0 Å². The maximum absolute atomic E-state index is 14.8. The van der Waals surface area contributed by atoms with Crippen molar-refractivity contribution >= 4 is 108 Å². The minimum Gasteiger partial charge on any atom is -0.464 e. The summed E-state index contributed by atoms with van der Waals surface area (Å²) in [5.41, 5.74) is 11.6. The molecule has 2 fully saturated rings. The molecule has 410 valence electrons. The summed E-state index contributed by atoms with van der Waals surface area (Å²) < 4.78 is 14.5. The first-order valence-electron chi connectivity index (χ1n) is 24.5. The molecule has 0 radical (unpaired) electrons. The number of likely N-dealkylation sites (tertiary alicyclic amines) is 1. The van der Waals surface area contributed by atoms with E-state index in [0.29, 0.717) is 51.9 Å². The van der Waals surface area contributed by atoms with E-state index in [1.54, 1.807) is 19.1 Å². The van der Waals surface area contributed by atoms with E-state index < -0.39 is 47.2 Å². The lowest BCUT2D eigenvalue weighted by Crippen LogP contribution is -2.62. The number of hydrogen-bond acceptors (Lipinski definition) is 10. The summed E-state index contributed by atoms with van der Waals surface area (Å²) in [5.74, 6) is -2.57. The summed E-state index contributed by atoms with van der Waals surface area (Å²) >= 11 is 0. The van der Waals surface area contributed by atoms with E-state index in [1.807, 2.05) is 53.2 Å². The van der Waals surface area contributed by atoms with Crippen molar-refractivity contribution in [1.82, 2.24) is 40.0 Å². The quantitative estimate of drug-likeness (QED) is 0.113. The smallest absolute Gasteiger partial charge is 0.324 e. The highest BCUT2D eigenvalue weighted by Gasteiger charge is 2.40. The fourth-order valence-electron chi connectivity index (χ4n) is 10.4. The van der Waals surface area contributed by atoms with E-state index in [0.717, 1.165) is 55.7 Å². The zero-order valence-electron chi connectivity index (χ0n) is 44.8. The first-order valence-corrected chi connectivity index (χ1v) is 24.5. The van der Waals surface area contributed by atoms with Crippen molar-refractivity contribution in [2.45, 2.75) is 111 Å². The lowest BCUT2D eigenvalue weighted by molar-refractivity contribution is -0.155. The molecule has 2 N–H and O–H groups in total. The van der Waals surface area contributed by atoms with Crippen LogP contribution in [-0.4, -0.2) is 131 Å². The molecular formula is C54H82N8O7S5. The summed E-state index contributed by atoms with van der Waals surface area (Å²) in [5, 5.41) is 5.59. The lowest BCUT2D eigenvalue weighted by atomic mass is 9.84. The summed E-state index contributed by atoms with van der Waals surface area (Å²) in [6.07, 6.45) is 5.11. The van der Waals surface area contributed by atoms with Crippen LogP contribution in [0.3, 0.4) is 0 Å². The number of fused-ring (bicyclic) bond motifs is 6. The van der Waals surface area contributed by atoms with Crippen LogP contribution in [0.2, 0.25) is 0 Å². The van der Waals surface area contributed by atoms with Crippen LogP contribution < -0.4 is 10.7 Å². The molecule has 4 aromatic rings. The van der Waals surface area contributed by atoms with Crippen molar-refractivity contribution in [2.75, 3.05) is 54.5 Å². The minimum atomic E-state index is -1.06. The number of aryl methyl sites for hydroxylation is 1. The molecule has 6 bridgehead atoms. The van der Waals surface area contributed by atoms with Crippen LogP contribution in [0.25, 0.3) is 33.3 Å². The molecule has 74 heavy (non-hydrogen) atoms. The number of methoxy groups -OCH3 is 1. The number of carbonyl (C=O) groups excluding carboxylic acids is 5. The number of amides is 4. The second-order valence-corrected chi connectivity index (χ2v) is 20.5. The topological polar surface area (TPSA) is 159 Å². The van der Waals surface area contributed by atoms with Crippen molar-refractivity contribution in [2.24, 2.45) is 17.3 Å². The molecule has 5 heterocycles. The number of rotatable bonds is 12. The van der Waals surface area contributed by atoms with E-state index in [2.05, 4.69) is 84.0 Å². The van der Waals surface area contributed by atoms with E-state index in [9.17, 15) is 24.0 Å². The first-order chi connectivity index (χ1) is 32.8. The van der Waals surface area contributed by atoms with Crippen LogP contribution in [0.15, 0.2) is 67.4 Å². The summed E-state index contributed by atoms with van der Waals surface area (Å²) in [4.78, 5) is 79.9. The van der Waals surface area contributed by atoms with Crippen LogP contribution >= 0.6 is 67.5 Å². The number of pyridine rings is 1. The average molecular weight is 1120 g/mol. The maximum Gasteiger partial charge on any atom is 0.324 e. The van der Waals surface area contributed by atoms with Gasteiger partial charge in [-0.2, -0.15) is 67.5 Å². The van der Waals surface area contributed by atoms with Gasteiger partial charge in [0.25, 0.3) is 5.91 Å². The van der Waals surface area contributed by atoms with Crippen molar-refractivity contribution in [3.8, 4) is 22.4 Å². The number of likely N-dealkylation sites (N-methyl/N-ethyl adjacent to an activating group) is 1. The van der Waals surface area contributed by atoms with E-state index in [1.165, 1.54) is 16.0 Å². The Morgan fingerprint density at radius 2 is 1.69 bits per heavy atom. The molecule has 2 saturated heterocycles. The number of hydrogen-bond donors (Lipinski definition) is 2. The van der Waals surface area contributed by atoms with Gasteiger partial charge in [0.1, 0.15) is 18.1 Å². The normalized spacial score (nSPS) is 19.3. The summed E-state index contributed by atoms with van der Waals surface area (Å²) in [6, 6.07) is 14.1. The molecule has 0 unspecified atom stereocenters. The SMILES string of the molecule is C=CC(=O)N1CC[C@H](C(=O)N(C)[C@H](C(=O)N[C@H]2Cc3cccc(c3)-c3ccc4c(c3)c(c(-c3cc(CN(C)C)cnc3[C@H](C)OC)n4CC)CC(C)(C)COC(=O)[C@@H]3CCCN(N3)C2=O)C(C)C)C1.S.S.S.S.S. The number of esters is 1. The molecular weight excluding hydrogens is 1030 g/mol. The maximum atomic E-state index is 14.8. The number of ether oxygens (including phenoxy) is 2. The molecule has 20 heteroatoms. The number of nitrogens with zero attached hydrogens (tertiary/aromatic N) is 6. The third-order valence-electron chi connectivity index (χ3n) is 14.0. The van der Waals surface area contributed by atoms with Gasteiger partial charge in [-0.3, -0.25) is 34.0 Å². The standard InChI is InChI=1S/C54H72N8O7.5H2S/c1-12-46(63)60-23-21-39(31-60)51(65)59(10)48(33(3)4)50(64)56-44-26-35-16-14-17-37(24-35)38-19-20-45-40(27-38)42(28-54(6,7)32-69-53(67)43-18-15-22-62(57-43)52(44)66)49(61(45)13-2)41-25-36(30-58(8)9)29-55-47(41)34(5)68-11;;;;;/h12,14,16-17,19-20,24-25,27,29,33-34,39,43-44,48,57H,1,13,15,18,21-23,26,28,30-32H2,2-11H3,(H,56,64);5*1H2/t34-,39-,43-,44-,48-;;;;;/m0...../s1. The Hall–Kier alpha value is -4.15. The number of cyclic esters (lactones) is 1. The Morgan fingerprint density at radius 3 is 2.34 bits per heavy atom. The number of nitrogens with one attached hydrogen (secondary N) is 2. The van der Waals surface area contributed by atoms with Crippen molar-refractivity contribution in [3.63, 3.8) is 0 Å². The van der Waals surface area contributed by atoms with Crippen LogP contribution in [0.1, 0.15) is 89.3 Å². The highest BCUT2D eigenvalue weighted by molar-refractivity contribution is 7.60.